The molecule has 0 atom stereocenters. The quantitative estimate of drug-likeness (QED) is 0.760. The predicted octanol–water partition coefficient (Wildman–Crippen LogP) is 0.760. The van der Waals surface area contributed by atoms with E-state index in [4.69, 9.17) is 11.5 Å². The second-order valence-electron chi connectivity index (χ2n) is 5.68. The molecule has 0 bridgehead atoms. The van der Waals surface area contributed by atoms with Crippen LogP contribution in [0.5, 0.6) is 0 Å². The molecular formula is C13H25N3O2. The van der Waals surface area contributed by atoms with Gasteiger partial charge in [0, 0.05) is 18.0 Å². The van der Waals surface area contributed by atoms with Gasteiger partial charge in [-0.15, -0.1) is 0 Å². The largest absolute Gasteiger partial charge is 0.368 e. The van der Waals surface area contributed by atoms with Gasteiger partial charge in [0.25, 0.3) is 0 Å². The van der Waals surface area contributed by atoms with Gasteiger partial charge in [0.2, 0.25) is 11.8 Å². The number of hydrogen-bond donors (Lipinski definition) is 2. The maximum atomic E-state index is 12.2. The van der Waals surface area contributed by atoms with Crippen LogP contribution in [-0.2, 0) is 9.59 Å². The molecule has 1 aliphatic rings. The Hall–Kier alpha value is -1.10. The van der Waals surface area contributed by atoms with Crippen molar-refractivity contribution < 1.29 is 9.59 Å². The van der Waals surface area contributed by atoms with E-state index in [1.165, 1.54) is 11.3 Å². The van der Waals surface area contributed by atoms with E-state index in [-0.39, 0.29) is 24.0 Å². The van der Waals surface area contributed by atoms with Crippen LogP contribution in [0, 0.1) is 0 Å². The Morgan fingerprint density at radius 2 is 1.78 bits per heavy atom. The maximum absolute atomic E-state index is 12.2. The molecule has 1 saturated carbocycles. The molecule has 0 aromatic heterocycles. The third-order valence-electron chi connectivity index (χ3n) is 3.62. The lowest BCUT2D eigenvalue weighted by Crippen LogP contribution is -2.50. The van der Waals surface area contributed by atoms with Gasteiger partial charge in [-0.2, -0.15) is 0 Å². The molecule has 4 N–H and O–H groups in total. The zero-order chi connectivity index (χ0) is 13.8. The highest BCUT2D eigenvalue weighted by atomic mass is 16.2. The summed E-state index contributed by atoms with van der Waals surface area (Å²) >= 11 is 0. The molecule has 0 aromatic carbocycles. The summed E-state index contributed by atoms with van der Waals surface area (Å²) in [5, 5.41) is 0. The standard InChI is InChI=1S/C13H25N3O2/c1-10(2)16(9-11(14)17)12(18)8-13(15)6-4-3-5-7-13/h10H,3-9,15H2,1-2H3,(H2,14,17). The van der Waals surface area contributed by atoms with E-state index in [0.29, 0.717) is 6.42 Å². The minimum atomic E-state index is -0.480. The van der Waals surface area contributed by atoms with Crippen molar-refractivity contribution in [1.82, 2.24) is 4.90 Å². The Morgan fingerprint density at radius 3 is 2.22 bits per heavy atom. The topological polar surface area (TPSA) is 89.4 Å². The van der Waals surface area contributed by atoms with Crippen molar-refractivity contribution in [3.05, 3.63) is 0 Å². The molecule has 0 saturated heterocycles. The van der Waals surface area contributed by atoms with Crippen LogP contribution >= 0.6 is 0 Å². The fraction of sp³-hybridized carbons (Fsp3) is 0.846. The molecular weight excluding hydrogens is 230 g/mol. The van der Waals surface area contributed by atoms with Crippen LogP contribution < -0.4 is 11.5 Å². The molecule has 0 unspecified atom stereocenters. The van der Waals surface area contributed by atoms with Crippen molar-refractivity contribution in [1.29, 1.82) is 0 Å². The van der Waals surface area contributed by atoms with Crippen molar-refractivity contribution in [3.63, 3.8) is 0 Å². The first-order chi connectivity index (χ1) is 8.34. The molecule has 18 heavy (non-hydrogen) atoms. The number of nitrogens with two attached hydrogens (primary N) is 2. The Bertz CT molecular complexity index is 309. The van der Waals surface area contributed by atoms with Gasteiger partial charge in [0.1, 0.15) is 0 Å². The van der Waals surface area contributed by atoms with Gasteiger partial charge in [-0.1, -0.05) is 19.3 Å². The van der Waals surface area contributed by atoms with Gasteiger partial charge in [-0.25, -0.2) is 0 Å². The third-order valence-corrected chi connectivity index (χ3v) is 3.62. The molecule has 0 aromatic rings. The fourth-order valence-electron chi connectivity index (χ4n) is 2.56. The van der Waals surface area contributed by atoms with Crippen molar-refractivity contribution in [2.45, 2.75) is 64.0 Å². The van der Waals surface area contributed by atoms with Crippen molar-refractivity contribution >= 4 is 11.8 Å². The fourth-order valence-corrected chi connectivity index (χ4v) is 2.56. The Balaban J connectivity index is 2.62. The lowest BCUT2D eigenvalue weighted by atomic mass is 9.80. The Morgan fingerprint density at radius 1 is 1.22 bits per heavy atom. The van der Waals surface area contributed by atoms with E-state index < -0.39 is 5.91 Å². The smallest absolute Gasteiger partial charge is 0.237 e. The summed E-state index contributed by atoms with van der Waals surface area (Å²) < 4.78 is 0. The van der Waals surface area contributed by atoms with Gasteiger partial charge < -0.3 is 16.4 Å². The number of rotatable bonds is 5. The van der Waals surface area contributed by atoms with Crippen LogP contribution in [0.3, 0.4) is 0 Å². The van der Waals surface area contributed by atoms with Crippen LogP contribution in [0.15, 0.2) is 0 Å². The molecule has 2 amide bonds. The van der Waals surface area contributed by atoms with Crippen LogP contribution in [0.4, 0.5) is 0 Å². The summed E-state index contributed by atoms with van der Waals surface area (Å²) in [7, 11) is 0. The molecule has 5 nitrogen and oxygen atoms in total. The molecule has 0 heterocycles. The minimum Gasteiger partial charge on any atom is -0.368 e. The van der Waals surface area contributed by atoms with Crippen LogP contribution in [0.1, 0.15) is 52.4 Å². The number of hydrogen-bond acceptors (Lipinski definition) is 3. The zero-order valence-corrected chi connectivity index (χ0v) is 11.4. The SMILES string of the molecule is CC(C)N(CC(N)=O)C(=O)CC1(N)CCCCC1. The van der Waals surface area contributed by atoms with Crippen molar-refractivity contribution in [2.75, 3.05) is 6.54 Å². The number of carbonyl (C=O) groups excluding carboxylic acids is 2. The molecule has 1 rings (SSSR count). The Labute approximate surface area is 109 Å². The molecule has 0 spiro atoms. The maximum Gasteiger partial charge on any atom is 0.237 e. The highest BCUT2D eigenvalue weighted by molar-refractivity contribution is 5.84. The molecule has 5 heteroatoms. The van der Waals surface area contributed by atoms with Gasteiger partial charge in [-0.3, -0.25) is 9.59 Å². The molecule has 0 aliphatic heterocycles. The first kappa shape index (κ1) is 15.0. The van der Waals surface area contributed by atoms with Crippen LogP contribution in [-0.4, -0.2) is 34.8 Å². The number of carbonyl (C=O) groups is 2. The highest BCUT2D eigenvalue weighted by Gasteiger charge is 2.32. The zero-order valence-electron chi connectivity index (χ0n) is 11.4. The number of nitrogens with zero attached hydrogens (tertiary/aromatic N) is 1. The normalized spacial score (nSPS) is 18.7. The van der Waals surface area contributed by atoms with Gasteiger partial charge >= 0.3 is 0 Å². The van der Waals surface area contributed by atoms with Gasteiger partial charge in [-0.05, 0) is 26.7 Å². The summed E-state index contributed by atoms with van der Waals surface area (Å²) in [6.45, 7) is 3.74. The first-order valence-corrected chi connectivity index (χ1v) is 6.71. The summed E-state index contributed by atoms with van der Waals surface area (Å²) in [6, 6.07) is -0.0304. The second kappa shape index (κ2) is 6.18. The summed E-state index contributed by atoms with van der Waals surface area (Å²) in [5.41, 5.74) is 11.0. The minimum absolute atomic E-state index is 0.0213. The van der Waals surface area contributed by atoms with E-state index in [9.17, 15) is 9.59 Å². The molecule has 1 fully saturated rings. The van der Waals surface area contributed by atoms with Crippen molar-refractivity contribution in [2.24, 2.45) is 11.5 Å². The van der Waals surface area contributed by atoms with E-state index in [0.717, 1.165) is 25.7 Å². The lowest BCUT2D eigenvalue weighted by Gasteiger charge is -2.35. The molecule has 0 radical (unpaired) electrons. The van der Waals surface area contributed by atoms with E-state index in [2.05, 4.69) is 0 Å². The number of primary amides is 1. The van der Waals surface area contributed by atoms with Crippen LogP contribution in [0.2, 0.25) is 0 Å². The van der Waals surface area contributed by atoms with E-state index >= 15 is 0 Å². The van der Waals surface area contributed by atoms with E-state index in [1.54, 1.807) is 0 Å². The van der Waals surface area contributed by atoms with E-state index in [1.807, 2.05) is 13.8 Å². The van der Waals surface area contributed by atoms with Crippen LogP contribution in [0.25, 0.3) is 0 Å². The predicted molar refractivity (Wildman–Crippen MR) is 70.7 cm³/mol. The number of amides is 2. The monoisotopic (exact) mass is 255 g/mol. The highest BCUT2D eigenvalue weighted by Crippen LogP contribution is 2.29. The summed E-state index contributed by atoms with van der Waals surface area (Å²) in [4.78, 5) is 24.7. The summed E-state index contributed by atoms with van der Waals surface area (Å²) in [6.07, 6.45) is 5.46. The summed E-state index contributed by atoms with van der Waals surface area (Å²) in [5.74, 6) is -0.542. The second-order valence-corrected chi connectivity index (χ2v) is 5.68. The van der Waals surface area contributed by atoms with Gasteiger partial charge in [0.05, 0.1) is 6.54 Å². The molecule has 1 aliphatic carbocycles. The average Bonchev–Trinajstić information content (AvgIpc) is 2.25. The average molecular weight is 255 g/mol. The first-order valence-electron chi connectivity index (χ1n) is 6.71. The van der Waals surface area contributed by atoms with Gasteiger partial charge in [0.15, 0.2) is 0 Å². The third kappa shape index (κ3) is 4.29. The Kier molecular flexibility index (Phi) is 5.14. The molecule has 104 valence electrons. The lowest BCUT2D eigenvalue weighted by molar-refractivity contribution is -0.138. The van der Waals surface area contributed by atoms with Crippen molar-refractivity contribution in [3.8, 4) is 0 Å².